The highest BCUT2D eigenvalue weighted by molar-refractivity contribution is 5.81. The largest absolute Gasteiger partial charge is 0.377 e. The molecular formula is C22H33N5O2. The number of aromatic amines is 1. The molecule has 7 heteroatoms. The number of pyridine rings is 1. The summed E-state index contributed by atoms with van der Waals surface area (Å²) in [4.78, 5) is 17.1. The van der Waals surface area contributed by atoms with Gasteiger partial charge in [-0.15, -0.1) is 0 Å². The molecule has 0 aliphatic heterocycles. The average molecular weight is 400 g/mol. The molecule has 1 amide bonds. The Morgan fingerprint density at radius 2 is 2.14 bits per heavy atom. The first-order valence-electron chi connectivity index (χ1n) is 11.2. The summed E-state index contributed by atoms with van der Waals surface area (Å²) in [5.41, 5.74) is 1.59. The van der Waals surface area contributed by atoms with Crippen molar-refractivity contribution in [1.29, 1.82) is 0 Å². The molecule has 2 aliphatic rings. The predicted octanol–water partition coefficient (Wildman–Crippen LogP) is 3.07. The molecule has 2 heterocycles. The lowest BCUT2D eigenvalue weighted by Gasteiger charge is -2.37. The van der Waals surface area contributed by atoms with Crippen LogP contribution in [0.3, 0.4) is 0 Å². The van der Waals surface area contributed by atoms with Crippen LogP contribution in [0.2, 0.25) is 0 Å². The van der Waals surface area contributed by atoms with Gasteiger partial charge in [-0.3, -0.25) is 9.89 Å². The minimum Gasteiger partial charge on any atom is -0.377 e. The van der Waals surface area contributed by atoms with Crippen LogP contribution in [0, 0.1) is 5.92 Å². The minimum atomic E-state index is 0.0303. The second kappa shape index (κ2) is 9.67. The number of carbonyl (C=O) groups excluding carboxylic acids is 1. The smallest absolute Gasteiger partial charge is 0.223 e. The Bertz CT molecular complexity index is 801. The normalized spacial score (nSPS) is 25.5. The number of carbonyl (C=O) groups is 1. The first-order valence-corrected chi connectivity index (χ1v) is 11.2. The van der Waals surface area contributed by atoms with Gasteiger partial charge in [0.1, 0.15) is 0 Å². The van der Waals surface area contributed by atoms with Crippen molar-refractivity contribution in [1.82, 2.24) is 25.8 Å². The Hall–Kier alpha value is -1.99. The number of rotatable bonds is 8. The molecule has 0 bridgehead atoms. The molecule has 0 radical (unpaired) electrons. The molecule has 158 valence electrons. The summed E-state index contributed by atoms with van der Waals surface area (Å²) >= 11 is 0. The zero-order valence-electron chi connectivity index (χ0n) is 17.3. The van der Waals surface area contributed by atoms with Crippen LogP contribution in [-0.2, 0) is 16.1 Å². The molecule has 2 saturated carbocycles. The molecule has 0 spiro atoms. The third-order valence-corrected chi connectivity index (χ3v) is 6.35. The van der Waals surface area contributed by atoms with Crippen molar-refractivity contribution in [2.24, 2.45) is 5.92 Å². The fourth-order valence-electron chi connectivity index (χ4n) is 4.78. The topological polar surface area (TPSA) is 91.9 Å². The molecule has 4 rings (SSSR count). The fourth-order valence-corrected chi connectivity index (χ4v) is 4.78. The van der Waals surface area contributed by atoms with Gasteiger partial charge in [0.25, 0.3) is 0 Å². The average Bonchev–Trinajstić information content (AvgIpc) is 3.41. The van der Waals surface area contributed by atoms with E-state index in [-0.39, 0.29) is 24.0 Å². The lowest BCUT2D eigenvalue weighted by atomic mass is 9.82. The molecule has 2 fully saturated rings. The summed E-state index contributed by atoms with van der Waals surface area (Å²) in [5.74, 6) is 0.159. The number of ether oxygens (including phenoxy) is 1. The fraction of sp³-hybridized carbons (Fsp3) is 0.682. The number of fused-ring (bicyclic) bond motifs is 1. The minimum absolute atomic E-state index is 0.0303. The van der Waals surface area contributed by atoms with Crippen LogP contribution < -0.4 is 10.6 Å². The van der Waals surface area contributed by atoms with Crippen molar-refractivity contribution in [3.63, 3.8) is 0 Å². The van der Waals surface area contributed by atoms with Gasteiger partial charge >= 0.3 is 0 Å². The lowest BCUT2D eigenvalue weighted by molar-refractivity contribution is -0.128. The Labute approximate surface area is 172 Å². The molecule has 7 nitrogen and oxygen atoms in total. The highest BCUT2D eigenvalue weighted by atomic mass is 16.5. The maximum absolute atomic E-state index is 12.9. The first kappa shape index (κ1) is 20.3. The predicted molar refractivity (Wildman–Crippen MR) is 112 cm³/mol. The number of nitrogens with zero attached hydrogens (tertiary/aromatic N) is 2. The number of H-pyrrole nitrogens is 1. The highest BCUT2D eigenvalue weighted by Crippen LogP contribution is 2.29. The van der Waals surface area contributed by atoms with E-state index in [0.717, 1.165) is 43.4 Å². The van der Waals surface area contributed by atoms with Crippen LogP contribution >= 0.6 is 0 Å². The molecule has 3 N–H and O–H groups in total. The van der Waals surface area contributed by atoms with Crippen LogP contribution in [0.15, 0.2) is 18.3 Å². The molecule has 2 aromatic rings. The van der Waals surface area contributed by atoms with Crippen molar-refractivity contribution in [2.75, 3.05) is 6.61 Å². The van der Waals surface area contributed by atoms with Crippen LogP contribution in [-0.4, -0.2) is 45.9 Å². The Kier molecular flexibility index (Phi) is 6.77. The first-order chi connectivity index (χ1) is 14.2. The number of nitrogens with one attached hydrogen (secondary N) is 3. The number of hydrogen-bond acceptors (Lipinski definition) is 5. The van der Waals surface area contributed by atoms with Gasteiger partial charge < -0.3 is 15.4 Å². The van der Waals surface area contributed by atoms with E-state index in [1.807, 2.05) is 12.1 Å². The molecular weight excluding hydrogens is 366 g/mol. The monoisotopic (exact) mass is 399 g/mol. The molecule has 0 aromatic carbocycles. The number of aromatic nitrogens is 3. The molecule has 3 atom stereocenters. The second-order valence-corrected chi connectivity index (χ2v) is 8.47. The van der Waals surface area contributed by atoms with Gasteiger partial charge in [0.2, 0.25) is 5.91 Å². The maximum Gasteiger partial charge on any atom is 0.223 e. The van der Waals surface area contributed by atoms with E-state index in [0.29, 0.717) is 18.2 Å². The molecule has 0 unspecified atom stereocenters. The van der Waals surface area contributed by atoms with Gasteiger partial charge in [0.05, 0.1) is 18.3 Å². The van der Waals surface area contributed by atoms with Crippen molar-refractivity contribution in [3.05, 3.63) is 24.0 Å². The maximum atomic E-state index is 12.9. The lowest BCUT2D eigenvalue weighted by Crippen LogP contribution is -2.51. The van der Waals surface area contributed by atoms with E-state index in [1.54, 1.807) is 6.20 Å². The zero-order valence-corrected chi connectivity index (χ0v) is 17.3. The van der Waals surface area contributed by atoms with E-state index in [4.69, 9.17) is 4.74 Å². The quantitative estimate of drug-likeness (QED) is 0.634. The summed E-state index contributed by atoms with van der Waals surface area (Å²) in [6, 6.07) is 4.72. The van der Waals surface area contributed by atoms with E-state index < -0.39 is 0 Å². The summed E-state index contributed by atoms with van der Waals surface area (Å²) in [6.45, 7) is 3.40. The summed E-state index contributed by atoms with van der Waals surface area (Å²) in [7, 11) is 0. The zero-order chi connectivity index (χ0) is 20.1. The number of hydrogen-bond donors (Lipinski definition) is 3. The van der Waals surface area contributed by atoms with Crippen molar-refractivity contribution < 1.29 is 9.53 Å². The Morgan fingerprint density at radius 1 is 1.28 bits per heavy atom. The van der Waals surface area contributed by atoms with E-state index in [9.17, 15) is 4.79 Å². The van der Waals surface area contributed by atoms with Crippen LogP contribution in [0.4, 0.5) is 0 Å². The van der Waals surface area contributed by atoms with Crippen molar-refractivity contribution >= 4 is 16.9 Å². The number of amides is 1. The molecule has 2 aliphatic carbocycles. The van der Waals surface area contributed by atoms with Gasteiger partial charge in [-0.2, -0.15) is 5.10 Å². The van der Waals surface area contributed by atoms with Gasteiger partial charge in [0.15, 0.2) is 5.65 Å². The Balaban J connectivity index is 1.35. The van der Waals surface area contributed by atoms with E-state index in [1.165, 1.54) is 25.7 Å². The Morgan fingerprint density at radius 3 is 2.97 bits per heavy atom. The van der Waals surface area contributed by atoms with Gasteiger partial charge in [-0.1, -0.05) is 19.8 Å². The summed E-state index contributed by atoms with van der Waals surface area (Å²) < 4.78 is 6.14. The third-order valence-electron chi connectivity index (χ3n) is 6.35. The molecule has 29 heavy (non-hydrogen) atoms. The van der Waals surface area contributed by atoms with Crippen LogP contribution in [0.25, 0.3) is 11.0 Å². The van der Waals surface area contributed by atoms with Gasteiger partial charge in [0, 0.05) is 36.2 Å². The van der Waals surface area contributed by atoms with E-state index in [2.05, 4.69) is 32.7 Å². The third kappa shape index (κ3) is 4.95. The van der Waals surface area contributed by atoms with Gasteiger partial charge in [-0.25, -0.2) is 4.98 Å². The highest BCUT2D eigenvalue weighted by Gasteiger charge is 2.35. The van der Waals surface area contributed by atoms with Crippen molar-refractivity contribution in [3.8, 4) is 0 Å². The molecule has 0 saturated heterocycles. The van der Waals surface area contributed by atoms with Crippen LogP contribution in [0.1, 0.15) is 64.0 Å². The SMILES string of the molecule is CCCO[C@@H]1CC[C@H](C(=O)NCc2[nH]nc3ncccc23)C[C@H]1NC1CCCC1. The van der Waals surface area contributed by atoms with Crippen LogP contribution in [0.5, 0.6) is 0 Å². The molecule has 2 aromatic heterocycles. The standard InChI is InChI=1S/C22H33N5O2/c1-2-12-29-20-10-9-15(13-18(20)25-16-6-3-4-7-16)22(28)24-14-19-17-8-5-11-23-21(17)27-26-19/h5,8,11,15-16,18,20,25H,2-4,6-7,9-10,12-14H2,1H3,(H,24,28)(H,23,26,27)/t15-,18+,20+/m0/s1. The van der Waals surface area contributed by atoms with E-state index >= 15 is 0 Å². The summed E-state index contributed by atoms with van der Waals surface area (Å²) in [6.07, 6.45) is 10.8. The van der Waals surface area contributed by atoms with Crippen molar-refractivity contribution in [2.45, 2.75) is 83.0 Å². The summed E-state index contributed by atoms with van der Waals surface area (Å²) in [5, 5.41) is 15.1. The van der Waals surface area contributed by atoms with Gasteiger partial charge in [-0.05, 0) is 50.7 Å². The second-order valence-electron chi connectivity index (χ2n) is 8.47.